The number of anilines is 1. The zero-order chi connectivity index (χ0) is 16.2. The summed E-state index contributed by atoms with van der Waals surface area (Å²) in [5, 5.41) is 3.57. The highest BCUT2D eigenvalue weighted by Gasteiger charge is 2.09. The number of benzene rings is 1. The van der Waals surface area contributed by atoms with Crippen LogP contribution in [-0.2, 0) is 4.79 Å². The minimum absolute atomic E-state index is 0.0284. The Kier molecular flexibility index (Phi) is 4.43. The molecule has 6 heteroatoms. The molecule has 1 amide bonds. The summed E-state index contributed by atoms with van der Waals surface area (Å²) in [6.07, 6.45) is 3.69. The van der Waals surface area contributed by atoms with E-state index in [2.05, 4.69) is 10.3 Å². The summed E-state index contributed by atoms with van der Waals surface area (Å²) in [4.78, 5) is 27.7. The molecule has 1 N–H and O–H groups in total. The first-order valence-electron chi connectivity index (χ1n) is 7.09. The number of Topliss-reactive ketones (excluding diaryl/α,β-unsaturated/α-hetero) is 1. The fourth-order valence-electron chi connectivity index (χ4n) is 2.17. The second-order valence-electron chi connectivity index (χ2n) is 5.01. The Labute approximate surface area is 137 Å². The first kappa shape index (κ1) is 15.3. The molecule has 0 aliphatic heterocycles. The number of ketones is 1. The third kappa shape index (κ3) is 3.60. The highest BCUT2D eigenvalue weighted by Crippen LogP contribution is 2.19. The molecule has 2 aromatic heterocycles. The van der Waals surface area contributed by atoms with Gasteiger partial charge in [-0.3, -0.25) is 14.0 Å². The number of pyridine rings is 1. The molecular formula is C17H15N3O2S. The van der Waals surface area contributed by atoms with Crippen LogP contribution < -0.4 is 5.32 Å². The van der Waals surface area contributed by atoms with E-state index in [4.69, 9.17) is 0 Å². The predicted molar refractivity (Wildman–Crippen MR) is 91.0 cm³/mol. The van der Waals surface area contributed by atoms with Crippen molar-refractivity contribution in [2.45, 2.75) is 12.1 Å². The Morgan fingerprint density at radius 3 is 2.91 bits per heavy atom. The molecule has 0 aliphatic carbocycles. The predicted octanol–water partition coefficient (Wildman–Crippen LogP) is 3.27. The fourth-order valence-corrected chi connectivity index (χ4v) is 2.93. The number of hydrogen-bond acceptors (Lipinski definition) is 4. The van der Waals surface area contributed by atoms with E-state index in [1.54, 1.807) is 30.5 Å². The summed E-state index contributed by atoms with van der Waals surface area (Å²) in [6.45, 7) is 1.50. The number of carbonyl (C=O) groups is 2. The van der Waals surface area contributed by atoms with Gasteiger partial charge in [0.2, 0.25) is 5.91 Å². The van der Waals surface area contributed by atoms with Gasteiger partial charge < -0.3 is 5.32 Å². The summed E-state index contributed by atoms with van der Waals surface area (Å²) in [7, 11) is 0. The molecule has 0 saturated heterocycles. The summed E-state index contributed by atoms with van der Waals surface area (Å²) < 4.78 is 1.94. The van der Waals surface area contributed by atoms with Crippen LogP contribution in [-0.4, -0.2) is 26.8 Å². The second kappa shape index (κ2) is 6.66. The van der Waals surface area contributed by atoms with Gasteiger partial charge in [-0.15, -0.1) is 0 Å². The van der Waals surface area contributed by atoms with Crippen molar-refractivity contribution in [3.05, 3.63) is 60.4 Å². The minimum atomic E-state index is -0.136. The van der Waals surface area contributed by atoms with Crippen LogP contribution in [0.25, 0.3) is 5.52 Å². The molecule has 0 aliphatic rings. The number of fused-ring (bicyclic) bond motifs is 1. The van der Waals surface area contributed by atoms with Gasteiger partial charge in [0, 0.05) is 17.4 Å². The van der Waals surface area contributed by atoms with Crippen molar-refractivity contribution >= 4 is 34.7 Å². The lowest BCUT2D eigenvalue weighted by atomic mass is 10.1. The lowest BCUT2D eigenvalue weighted by molar-refractivity contribution is -0.113. The van der Waals surface area contributed by atoms with Crippen molar-refractivity contribution in [2.24, 2.45) is 0 Å². The van der Waals surface area contributed by atoms with Crippen molar-refractivity contribution in [3.8, 4) is 0 Å². The van der Waals surface area contributed by atoms with Gasteiger partial charge in [-0.25, -0.2) is 4.98 Å². The quantitative estimate of drug-likeness (QED) is 0.578. The Morgan fingerprint density at radius 1 is 1.22 bits per heavy atom. The van der Waals surface area contributed by atoms with E-state index >= 15 is 0 Å². The van der Waals surface area contributed by atoms with Gasteiger partial charge in [-0.05, 0) is 31.2 Å². The van der Waals surface area contributed by atoms with E-state index in [0.29, 0.717) is 11.3 Å². The molecule has 0 fully saturated rings. The number of imidazole rings is 1. The molecule has 0 saturated carbocycles. The fraction of sp³-hybridized carbons (Fsp3) is 0.118. The molecule has 23 heavy (non-hydrogen) atoms. The van der Waals surface area contributed by atoms with Crippen molar-refractivity contribution in [1.82, 2.24) is 9.38 Å². The molecule has 0 bridgehead atoms. The standard InChI is InChI=1S/C17H15N3O2S/c1-12(21)13-5-4-6-14(9-13)19-16(22)11-23-17-18-10-15-7-2-3-8-20(15)17/h2-10H,11H2,1H3,(H,19,22). The maximum Gasteiger partial charge on any atom is 0.234 e. The van der Waals surface area contributed by atoms with Gasteiger partial charge in [0.15, 0.2) is 10.9 Å². The molecular weight excluding hydrogens is 310 g/mol. The van der Waals surface area contributed by atoms with Crippen LogP contribution in [0.4, 0.5) is 5.69 Å². The SMILES string of the molecule is CC(=O)c1cccc(NC(=O)CSc2ncc3ccccn23)c1. The van der Waals surface area contributed by atoms with Crippen LogP contribution in [0.1, 0.15) is 17.3 Å². The minimum Gasteiger partial charge on any atom is -0.325 e. The van der Waals surface area contributed by atoms with Crippen LogP contribution in [0.2, 0.25) is 0 Å². The first-order chi connectivity index (χ1) is 11.1. The van der Waals surface area contributed by atoms with Gasteiger partial charge in [-0.1, -0.05) is 30.0 Å². The summed E-state index contributed by atoms with van der Waals surface area (Å²) in [5.41, 5.74) is 2.19. The third-order valence-corrected chi connectivity index (χ3v) is 4.26. The van der Waals surface area contributed by atoms with Gasteiger partial charge in [0.1, 0.15) is 0 Å². The van der Waals surface area contributed by atoms with Crippen LogP contribution in [0.3, 0.4) is 0 Å². The molecule has 3 rings (SSSR count). The maximum atomic E-state index is 12.1. The number of thioether (sulfide) groups is 1. The smallest absolute Gasteiger partial charge is 0.234 e. The topological polar surface area (TPSA) is 63.5 Å². The zero-order valence-electron chi connectivity index (χ0n) is 12.5. The summed E-state index contributed by atoms with van der Waals surface area (Å²) >= 11 is 1.37. The van der Waals surface area contributed by atoms with Crippen molar-refractivity contribution in [1.29, 1.82) is 0 Å². The maximum absolute atomic E-state index is 12.1. The Morgan fingerprint density at radius 2 is 2.09 bits per heavy atom. The van der Waals surface area contributed by atoms with Crippen molar-refractivity contribution in [2.75, 3.05) is 11.1 Å². The molecule has 116 valence electrons. The molecule has 0 unspecified atom stereocenters. The van der Waals surface area contributed by atoms with E-state index in [-0.39, 0.29) is 17.4 Å². The number of amides is 1. The Hall–Kier alpha value is -2.60. The normalized spacial score (nSPS) is 10.7. The van der Waals surface area contributed by atoms with Crippen LogP contribution >= 0.6 is 11.8 Å². The van der Waals surface area contributed by atoms with Crippen LogP contribution in [0.5, 0.6) is 0 Å². The molecule has 0 atom stereocenters. The van der Waals surface area contributed by atoms with Gasteiger partial charge >= 0.3 is 0 Å². The van der Waals surface area contributed by atoms with E-state index in [1.807, 2.05) is 28.8 Å². The van der Waals surface area contributed by atoms with Crippen LogP contribution in [0.15, 0.2) is 60.0 Å². The molecule has 0 radical (unpaired) electrons. The van der Waals surface area contributed by atoms with E-state index in [1.165, 1.54) is 18.7 Å². The zero-order valence-corrected chi connectivity index (χ0v) is 13.3. The van der Waals surface area contributed by atoms with E-state index in [9.17, 15) is 9.59 Å². The number of rotatable bonds is 5. The third-order valence-electron chi connectivity index (χ3n) is 3.29. The van der Waals surface area contributed by atoms with E-state index in [0.717, 1.165) is 10.7 Å². The molecule has 2 heterocycles. The highest BCUT2D eigenvalue weighted by molar-refractivity contribution is 7.99. The largest absolute Gasteiger partial charge is 0.325 e. The van der Waals surface area contributed by atoms with E-state index < -0.39 is 0 Å². The van der Waals surface area contributed by atoms with Crippen molar-refractivity contribution < 1.29 is 9.59 Å². The Balaban J connectivity index is 1.64. The first-order valence-corrected chi connectivity index (χ1v) is 8.08. The van der Waals surface area contributed by atoms with Crippen LogP contribution in [0, 0.1) is 0 Å². The second-order valence-corrected chi connectivity index (χ2v) is 5.95. The summed E-state index contributed by atoms with van der Waals surface area (Å²) in [5.74, 6) is 0.0842. The highest BCUT2D eigenvalue weighted by atomic mass is 32.2. The lowest BCUT2D eigenvalue weighted by Gasteiger charge is -2.06. The Bertz CT molecular complexity index is 873. The molecule has 5 nitrogen and oxygen atoms in total. The lowest BCUT2D eigenvalue weighted by Crippen LogP contribution is -2.14. The number of nitrogens with zero attached hydrogens (tertiary/aromatic N) is 2. The summed E-state index contributed by atoms with van der Waals surface area (Å²) in [6, 6.07) is 12.7. The monoisotopic (exact) mass is 325 g/mol. The van der Waals surface area contributed by atoms with Gasteiger partial charge in [0.05, 0.1) is 17.5 Å². The number of aromatic nitrogens is 2. The molecule has 1 aromatic carbocycles. The molecule has 0 spiro atoms. The van der Waals surface area contributed by atoms with Gasteiger partial charge in [-0.2, -0.15) is 0 Å². The van der Waals surface area contributed by atoms with Crippen molar-refractivity contribution in [3.63, 3.8) is 0 Å². The van der Waals surface area contributed by atoms with Gasteiger partial charge in [0.25, 0.3) is 0 Å². The average molecular weight is 325 g/mol. The average Bonchev–Trinajstić information content (AvgIpc) is 2.96. The number of nitrogens with one attached hydrogen (secondary N) is 1. The molecule has 3 aromatic rings. The number of hydrogen-bond donors (Lipinski definition) is 1. The number of carbonyl (C=O) groups excluding carboxylic acids is 2.